The van der Waals surface area contributed by atoms with E-state index in [0.717, 1.165) is 0 Å². The molecule has 1 fully saturated rings. The predicted octanol–water partition coefficient (Wildman–Crippen LogP) is 2.70. The second-order valence-electron chi connectivity index (χ2n) is 6.24. The Balaban J connectivity index is 2.56. The topological polar surface area (TPSA) is 58.6 Å². The van der Waals surface area contributed by atoms with Gasteiger partial charge in [-0.3, -0.25) is 0 Å². The van der Waals surface area contributed by atoms with Gasteiger partial charge in [-0.05, 0) is 46.5 Å². The number of carbonyl (C=O) groups is 1. The Morgan fingerprint density at radius 1 is 1.42 bits per heavy atom. The molecule has 1 rings (SSSR count). The summed E-state index contributed by atoms with van der Waals surface area (Å²) in [5.74, 6) is -0.639. The van der Waals surface area contributed by atoms with E-state index in [4.69, 9.17) is 4.74 Å². The Bertz CT molecular complexity index is 308. The number of hydrogen-bond acceptors (Lipinski definition) is 3. The number of rotatable bonds is 3. The van der Waals surface area contributed by atoms with Gasteiger partial charge < -0.3 is 15.2 Å². The minimum atomic E-state index is -2.33. The van der Waals surface area contributed by atoms with Crippen LogP contribution in [0.15, 0.2) is 0 Å². The highest BCUT2D eigenvalue weighted by Gasteiger charge is 2.39. The van der Waals surface area contributed by atoms with Crippen molar-refractivity contribution in [2.75, 3.05) is 6.61 Å². The lowest BCUT2D eigenvalue weighted by Crippen LogP contribution is -2.54. The normalized spacial score (nSPS) is 28.3. The summed E-state index contributed by atoms with van der Waals surface area (Å²) in [6.07, 6.45) is -1.66. The first kappa shape index (κ1) is 16.1. The summed E-state index contributed by atoms with van der Waals surface area (Å²) in [6, 6.07) is 0. The number of hydrogen-bond donors (Lipinski definition) is 2. The molecule has 0 saturated heterocycles. The summed E-state index contributed by atoms with van der Waals surface area (Å²) < 4.78 is 30.3. The first-order valence-corrected chi connectivity index (χ1v) is 6.58. The third-order valence-electron chi connectivity index (χ3n) is 3.41. The number of aliphatic hydroxyl groups excluding tert-OH is 1. The highest BCUT2D eigenvalue weighted by atomic mass is 19.3. The van der Waals surface area contributed by atoms with Gasteiger partial charge in [-0.1, -0.05) is 0 Å². The van der Waals surface area contributed by atoms with Gasteiger partial charge >= 0.3 is 6.09 Å². The molecule has 0 radical (unpaired) electrons. The van der Waals surface area contributed by atoms with E-state index in [0.29, 0.717) is 25.7 Å². The summed E-state index contributed by atoms with van der Waals surface area (Å²) >= 11 is 0. The van der Waals surface area contributed by atoms with Crippen LogP contribution in [0.1, 0.15) is 46.5 Å². The van der Waals surface area contributed by atoms with Gasteiger partial charge in [0, 0.05) is 5.92 Å². The fraction of sp³-hybridized carbons (Fsp3) is 0.923. The number of halogens is 2. The Labute approximate surface area is 112 Å². The Morgan fingerprint density at radius 3 is 2.32 bits per heavy atom. The Morgan fingerprint density at radius 2 is 1.95 bits per heavy atom. The zero-order chi connectivity index (χ0) is 14.7. The maximum absolute atomic E-state index is 12.6. The van der Waals surface area contributed by atoms with Gasteiger partial charge in [0.1, 0.15) is 5.60 Å². The third kappa shape index (κ3) is 4.93. The minimum Gasteiger partial charge on any atom is -0.444 e. The summed E-state index contributed by atoms with van der Waals surface area (Å²) in [7, 11) is 0. The maximum Gasteiger partial charge on any atom is 0.408 e. The van der Waals surface area contributed by atoms with Crippen molar-refractivity contribution < 1.29 is 23.4 Å². The molecule has 0 aromatic rings. The van der Waals surface area contributed by atoms with Crippen molar-refractivity contribution >= 4 is 6.09 Å². The zero-order valence-corrected chi connectivity index (χ0v) is 11.7. The van der Waals surface area contributed by atoms with Crippen LogP contribution in [0.2, 0.25) is 0 Å². The van der Waals surface area contributed by atoms with Crippen LogP contribution in [0.3, 0.4) is 0 Å². The number of carbonyl (C=O) groups excluding carboxylic acids is 1. The molecule has 2 N–H and O–H groups in total. The maximum atomic E-state index is 12.6. The van der Waals surface area contributed by atoms with Gasteiger partial charge in [0.25, 0.3) is 0 Å². The monoisotopic (exact) mass is 279 g/mol. The van der Waals surface area contributed by atoms with E-state index in [1.807, 2.05) is 0 Å². The molecule has 19 heavy (non-hydrogen) atoms. The third-order valence-corrected chi connectivity index (χ3v) is 3.41. The molecule has 1 aliphatic rings. The van der Waals surface area contributed by atoms with Crippen molar-refractivity contribution in [2.45, 2.75) is 64.0 Å². The standard InChI is InChI=1S/C13H23F2NO3/c1-12(2,3)19-11(18)16-13(8-17)6-4-9(5-7-13)10(14)15/h9-10,17H,4-8H2,1-3H3,(H,16,18). The molecule has 0 aromatic heterocycles. The van der Waals surface area contributed by atoms with Crippen LogP contribution >= 0.6 is 0 Å². The molecule has 1 aliphatic carbocycles. The zero-order valence-electron chi connectivity index (χ0n) is 11.7. The van der Waals surface area contributed by atoms with E-state index in [-0.39, 0.29) is 6.61 Å². The number of alkyl carbamates (subject to hydrolysis) is 1. The van der Waals surface area contributed by atoms with Gasteiger partial charge in [0.05, 0.1) is 12.1 Å². The van der Waals surface area contributed by atoms with Crippen molar-refractivity contribution in [3.63, 3.8) is 0 Å². The molecule has 0 bridgehead atoms. The van der Waals surface area contributed by atoms with Crippen LogP contribution in [0.4, 0.5) is 13.6 Å². The minimum absolute atomic E-state index is 0.262. The SMILES string of the molecule is CC(C)(C)OC(=O)NC1(CO)CCC(C(F)F)CC1. The van der Waals surface area contributed by atoms with E-state index in [1.54, 1.807) is 20.8 Å². The van der Waals surface area contributed by atoms with E-state index in [2.05, 4.69) is 5.32 Å². The number of amides is 1. The molecule has 1 saturated carbocycles. The van der Waals surface area contributed by atoms with Gasteiger partial charge in [-0.15, -0.1) is 0 Å². The van der Waals surface area contributed by atoms with E-state index in [1.165, 1.54) is 0 Å². The van der Waals surface area contributed by atoms with Crippen LogP contribution in [0.25, 0.3) is 0 Å². The van der Waals surface area contributed by atoms with Crippen molar-refractivity contribution in [1.82, 2.24) is 5.32 Å². The second-order valence-corrected chi connectivity index (χ2v) is 6.24. The van der Waals surface area contributed by atoms with Crippen molar-refractivity contribution in [3.8, 4) is 0 Å². The first-order valence-electron chi connectivity index (χ1n) is 6.58. The lowest BCUT2D eigenvalue weighted by atomic mass is 9.77. The van der Waals surface area contributed by atoms with E-state index >= 15 is 0 Å². The largest absolute Gasteiger partial charge is 0.444 e. The first-order chi connectivity index (χ1) is 8.67. The number of ether oxygens (including phenoxy) is 1. The Kier molecular flexibility index (Phi) is 5.12. The molecular weight excluding hydrogens is 256 g/mol. The molecule has 0 spiro atoms. The molecular formula is C13H23F2NO3. The van der Waals surface area contributed by atoms with E-state index in [9.17, 15) is 18.7 Å². The van der Waals surface area contributed by atoms with Crippen molar-refractivity contribution in [3.05, 3.63) is 0 Å². The predicted molar refractivity (Wildman–Crippen MR) is 67.1 cm³/mol. The molecule has 0 aromatic carbocycles. The molecule has 0 heterocycles. The Hall–Kier alpha value is -0.910. The lowest BCUT2D eigenvalue weighted by molar-refractivity contribution is 0.00928. The number of aliphatic hydroxyl groups is 1. The van der Waals surface area contributed by atoms with Crippen molar-refractivity contribution in [1.29, 1.82) is 0 Å². The summed E-state index contributed by atoms with van der Waals surface area (Å²) in [5, 5.41) is 12.1. The van der Waals surface area contributed by atoms with Gasteiger partial charge in [0.2, 0.25) is 6.43 Å². The fourth-order valence-electron chi connectivity index (χ4n) is 2.29. The molecule has 0 aliphatic heterocycles. The lowest BCUT2D eigenvalue weighted by Gasteiger charge is -2.39. The highest BCUT2D eigenvalue weighted by Crippen LogP contribution is 2.35. The average molecular weight is 279 g/mol. The van der Waals surface area contributed by atoms with E-state index < -0.39 is 29.6 Å². The van der Waals surface area contributed by atoms with Crippen LogP contribution < -0.4 is 5.32 Å². The molecule has 112 valence electrons. The van der Waals surface area contributed by atoms with Crippen LogP contribution in [-0.4, -0.2) is 35.4 Å². The molecule has 0 unspecified atom stereocenters. The van der Waals surface area contributed by atoms with Gasteiger partial charge in [-0.2, -0.15) is 0 Å². The number of alkyl halides is 2. The summed E-state index contributed by atoms with van der Waals surface area (Å²) in [6.45, 7) is 4.96. The molecule has 6 heteroatoms. The highest BCUT2D eigenvalue weighted by molar-refractivity contribution is 5.68. The fourth-order valence-corrected chi connectivity index (χ4v) is 2.29. The van der Waals surface area contributed by atoms with Crippen LogP contribution in [-0.2, 0) is 4.74 Å². The smallest absolute Gasteiger partial charge is 0.408 e. The second kappa shape index (κ2) is 6.03. The number of nitrogens with one attached hydrogen (secondary N) is 1. The van der Waals surface area contributed by atoms with Gasteiger partial charge in [0.15, 0.2) is 0 Å². The van der Waals surface area contributed by atoms with Crippen molar-refractivity contribution in [2.24, 2.45) is 5.92 Å². The quantitative estimate of drug-likeness (QED) is 0.835. The molecule has 1 amide bonds. The molecule has 0 atom stereocenters. The van der Waals surface area contributed by atoms with Crippen LogP contribution in [0, 0.1) is 5.92 Å². The average Bonchev–Trinajstić information content (AvgIpc) is 2.26. The van der Waals surface area contributed by atoms with Gasteiger partial charge in [-0.25, -0.2) is 13.6 Å². The molecule has 4 nitrogen and oxygen atoms in total. The summed E-state index contributed by atoms with van der Waals surface area (Å²) in [5.41, 5.74) is -1.45. The summed E-state index contributed by atoms with van der Waals surface area (Å²) in [4.78, 5) is 11.7. The van der Waals surface area contributed by atoms with Crippen LogP contribution in [0.5, 0.6) is 0 Å².